The predicted molar refractivity (Wildman–Crippen MR) is 88.5 cm³/mol. The Labute approximate surface area is 137 Å². The van der Waals surface area contributed by atoms with Crippen molar-refractivity contribution in [1.29, 1.82) is 0 Å². The van der Waals surface area contributed by atoms with Crippen molar-refractivity contribution in [3.63, 3.8) is 0 Å². The van der Waals surface area contributed by atoms with Gasteiger partial charge < -0.3 is 15.4 Å². The minimum atomic E-state index is -0.578. The van der Waals surface area contributed by atoms with Gasteiger partial charge in [0.25, 0.3) is 0 Å². The van der Waals surface area contributed by atoms with Crippen molar-refractivity contribution >= 4 is 11.9 Å². The topological polar surface area (TPSA) is 72.6 Å². The highest BCUT2D eigenvalue weighted by Gasteiger charge is 2.31. The van der Waals surface area contributed by atoms with Crippen LogP contribution in [0.15, 0.2) is 42.5 Å². The summed E-state index contributed by atoms with van der Waals surface area (Å²) in [6.45, 7) is 1.87. The van der Waals surface area contributed by atoms with Gasteiger partial charge in [0.1, 0.15) is 6.10 Å². The molecule has 0 saturated carbocycles. The van der Waals surface area contributed by atoms with E-state index < -0.39 is 12.1 Å². The highest BCUT2D eigenvalue weighted by atomic mass is 16.5. The molecule has 0 bridgehead atoms. The first-order valence-corrected chi connectivity index (χ1v) is 7.92. The van der Waals surface area contributed by atoms with Crippen molar-refractivity contribution in [1.82, 2.24) is 4.90 Å². The van der Waals surface area contributed by atoms with E-state index in [4.69, 9.17) is 10.5 Å². The molecular formula is C18H24N2O3. The van der Waals surface area contributed by atoms with Gasteiger partial charge in [-0.1, -0.05) is 42.5 Å². The van der Waals surface area contributed by atoms with Crippen molar-refractivity contribution in [3.05, 3.63) is 48.0 Å². The summed E-state index contributed by atoms with van der Waals surface area (Å²) in [6.07, 6.45) is 4.60. The van der Waals surface area contributed by atoms with Gasteiger partial charge in [-0.2, -0.15) is 0 Å². The van der Waals surface area contributed by atoms with E-state index in [1.165, 1.54) is 0 Å². The maximum atomic E-state index is 12.5. The molecule has 0 spiro atoms. The molecule has 23 heavy (non-hydrogen) atoms. The van der Waals surface area contributed by atoms with Crippen LogP contribution in [-0.2, 0) is 14.3 Å². The van der Waals surface area contributed by atoms with Crippen LogP contribution in [0, 0.1) is 0 Å². The number of hydrogen-bond donors (Lipinski definition) is 1. The van der Waals surface area contributed by atoms with E-state index in [9.17, 15) is 9.59 Å². The van der Waals surface area contributed by atoms with E-state index in [1.54, 1.807) is 11.9 Å². The predicted octanol–water partition coefficient (Wildman–Crippen LogP) is 2.19. The molecule has 1 aromatic carbocycles. The van der Waals surface area contributed by atoms with Gasteiger partial charge in [-0.15, -0.1) is 0 Å². The van der Waals surface area contributed by atoms with Crippen LogP contribution in [0.4, 0.5) is 0 Å². The molecule has 1 heterocycles. The first-order chi connectivity index (χ1) is 11.0. The number of benzene rings is 1. The summed E-state index contributed by atoms with van der Waals surface area (Å²) in [4.78, 5) is 26.1. The number of cyclic esters (lactones) is 1. The normalized spacial score (nSPS) is 27.1. The quantitative estimate of drug-likeness (QED) is 0.637. The molecular weight excluding hydrogens is 292 g/mol. The molecule has 0 unspecified atom stereocenters. The molecule has 124 valence electrons. The Morgan fingerprint density at radius 1 is 1.17 bits per heavy atom. The number of esters is 1. The molecule has 0 aromatic heterocycles. The first kappa shape index (κ1) is 17.2. The smallest absolute Gasteiger partial charge is 0.306 e. The van der Waals surface area contributed by atoms with Gasteiger partial charge >= 0.3 is 5.97 Å². The number of allylic oxidation sites excluding steroid dienone is 1. The number of nitrogens with zero attached hydrogens (tertiary/aromatic N) is 1. The number of amides is 1. The van der Waals surface area contributed by atoms with Crippen molar-refractivity contribution in [3.8, 4) is 0 Å². The molecule has 0 saturated heterocycles. The lowest BCUT2D eigenvalue weighted by Gasteiger charge is -2.33. The number of carbonyl (C=O) groups excluding carboxylic acids is 2. The van der Waals surface area contributed by atoms with Crippen LogP contribution >= 0.6 is 0 Å². The lowest BCUT2D eigenvalue weighted by atomic mass is 10.0. The maximum absolute atomic E-state index is 12.5. The van der Waals surface area contributed by atoms with Gasteiger partial charge in [0.05, 0.1) is 12.1 Å². The Bertz CT molecular complexity index is 571. The summed E-state index contributed by atoms with van der Waals surface area (Å²) in [5.74, 6) is -0.416. The number of carbonyl (C=O) groups is 2. The Balaban J connectivity index is 2.32. The molecule has 1 amide bonds. The minimum absolute atomic E-state index is 0.153. The van der Waals surface area contributed by atoms with E-state index in [0.717, 1.165) is 5.56 Å². The van der Waals surface area contributed by atoms with Crippen molar-refractivity contribution < 1.29 is 14.3 Å². The molecule has 5 nitrogen and oxygen atoms in total. The third kappa shape index (κ3) is 4.42. The van der Waals surface area contributed by atoms with Crippen molar-refractivity contribution in [2.24, 2.45) is 5.73 Å². The summed E-state index contributed by atoms with van der Waals surface area (Å²) < 4.78 is 5.67. The average molecular weight is 316 g/mol. The third-order valence-corrected chi connectivity index (χ3v) is 4.17. The second-order valence-corrected chi connectivity index (χ2v) is 5.86. The lowest BCUT2D eigenvalue weighted by Crippen LogP contribution is -2.48. The van der Waals surface area contributed by atoms with Gasteiger partial charge in [-0.05, 0) is 25.3 Å². The SMILES string of the molecule is C[C@@H]1[C@@H](c2ccccc2)OC(=O)CCC=CC[C@@H](N)C(=O)N1C. The number of ether oxygens (including phenoxy) is 1. The van der Waals surface area contributed by atoms with E-state index in [-0.39, 0.29) is 17.9 Å². The van der Waals surface area contributed by atoms with Gasteiger partial charge in [-0.25, -0.2) is 0 Å². The van der Waals surface area contributed by atoms with Crippen LogP contribution in [0.3, 0.4) is 0 Å². The van der Waals surface area contributed by atoms with E-state index >= 15 is 0 Å². The summed E-state index contributed by atoms with van der Waals surface area (Å²) in [5.41, 5.74) is 6.84. The van der Waals surface area contributed by atoms with Crippen LogP contribution in [0.2, 0.25) is 0 Å². The molecule has 1 aliphatic rings. The first-order valence-electron chi connectivity index (χ1n) is 7.92. The highest BCUT2D eigenvalue weighted by Crippen LogP contribution is 2.26. The second kappa shape index (κ2) is 7.92. The van der Waals surface area contributed by atoms with Gasteiger partial charge in [0.2, 0.25) is 5.91 Å². The van der Waals surface area contributed by atoms with Crippen LogP contribution in [0.5, 0.6) is 0 Å². The summed E-state index contributed by atoms with van der Waals surface area (Å²) in [6, 6.07) is 8.61. The fourth-order valence-corrected chi connectivity index (χ4v) is 2.62. The standard InChI is InChI=1S/C18H24N2O3/c1-13-17(14-9-5-3-6-10-14)23-16(21)12-8-4-7-11-15(19)18(22)20(13)2/h3-7,9-10,13,15,17H,8,11-12,19H2,1-2H3/t13-,15-,17+/m1/s1. The maximum Gasteiger partial charge on any atom is 0.306 e. The third-order valence-electron chi connectivity index (χ3n) is 4.17. The molecule has 3 atom stereocenters. The Morgan fingerprint density at radius 3 is 2.57 bits per heavy atom. The molecule has 1 aromatic rings. The molecule has 2 N–H and O–H groups in total. The van der Waals surface area contributed by atoms with E-state index in [2.05, 4.69) is 0 Å². The minimum Gasteiger partial charge on any atom is -0.455 e. The van der Waals surface area contributed by atoms with Gasteiger partial charge in [0.15, 0.2) is 0 Å². The van der Waals surface area contributed by atoms with Crippen molar-refractivity contribution in [2.75, 3.05) is 7.05 Å². The van der Waals surface area contributed by atoms with E-state index in [0.29, 0.717) is 19.3 Å². The number of rotatable bonds is 1. The lowest BCUT2D eigenvalue weighted by molar-refractivity contribution is -0.155. The largest absolute Gasteiger partial charge is 0.455 e. The summed E-state index contributed by atoms with van der Waals surface area (Å²) >= 11 is 0. The summed E-state index contributed by atoms with van der Waals surface area (Å²) in [7, 11) is 1.70. The molecule has 2 rings (SSSR count). The number of nitrogens with two attached hydrogens (primary N) is 1. The average Bonchev–Trinajstić information content (AvgIpc) is 2.57. The van der Waals surface area contributed by atoms with Gasteiger partial charge in [-0.3, -0.25) is 9.59 Å². The number of hydrogen-bond acceptors (Lipinski definition) is 4. The zero-order chi connectivity index (χ0) is 16.8. The van der Waals surface area contributed by atoms with Crippen molar-refractivity contribution in [2.45, 2.75) is 44.4 Å². The Hall–Kier alpha value is -2.14. The molecule has 5 heteroatoms. The molecule has 0 radical (unpaired) electrons. The van der Waals surface area contributed by atoms with Crippen LogP contribution in [0.1, 0.15) is 37.9 Å². The number of likely N-dealkylation sites (N-methyl/N-ethyl adjacent to an activating group) is 1. The van der Waals surface area contributed by atoms with Crippen LogP contribution < -0.4 is 5.73 Å². The molecule has 1 aliphatic heterocycles. The zero-order valence-corrected chi connectivity index (χ0v) is 13.6. The highest BCUT2D eigenvalue weighted by molar-refractivity contribution is 5.82. The fraction of sp³-hybridized carbons (Fsp3) is 0.444. The monoisotopic (exact) mass is 316 g/mol. The zero-order valence-electron chi connectivity index (χ0n) is 13.6. The second-order valence-electron chi connectivity index (χ2n) is 5.86. The van der Waals surface area contributed by atoms with Gasteiger partial charge in [0, 0.05) is 13.5 Å². The fourth-order valence-electron chi connectivity index (χ4n) is 2.62. The Morgan fingerprint density at radius 2 is 1.87 bits per heavy atom. The summed E-state index contributed by atoms with van der Waals surface area (Å²) in [5, 5.41) is 0. The Kier molecular flexibility index (Phi) is 5.93. The molecule has 0 fully saturated rings. The molecule has 0 aliphatic carbocycles. The van der Waals surface area contributed by atoms with E-state index in [1.807, 2.05) is 49.4 Å². The van der Waals surface area contributed by atoms with Crippen LogP contribution in [-0.4, -0.2) is 35.9 Å². The van der Waals surface area contributed by atoms with Crippen LogP contribution in [0.25, 0.3) is 0 Å².